The highest BCUT2D eigenvalue weighted by Crippen LogP contribution is 2.36. The monoisotopic (exact) mass is 385 g/mol. The lowest BCUT2D eigenvalue weighted by Crippen LogP contribution is -2.49. The first-order valence-electron chi connectivity index (χ1n) is 8.13. The molecule has 1 aromatic carbocycles. The van der Waals surface area contributed by atoms with Crippen LogP contribution in [0.1, 0.15) is 39.0 Å². The number of non-ortho nitro benzene ring substituents is 1. The zero-order valence-electron chi connectivity index (χ0n) is 14.2. The maximum Gasteiger partial charge on any atom is 0.377 e. The van der Waals surface area contributed by atoms with Crippen molar-refractivity contribution in [3.8, 4) is 0 Å². The molecule has 26 heavy (non-hydrogen) atoms. The number of ether oxygens (including phenoxy) is 1. The van der Waals surface area contributed by atoms with Crippen LogP contribution in [0.4, 0.5) is 5.69 Å². The van der Waals surface area contributed by atoms with Gasteiger partial charge >= 0.3 is 5.97 Å². The van der Waals surface area contributed by atoms with Crippen LogP contribution in [0.2, 0.25) is 0 Å². The Morgan fingerprint density at radius 3 is 2.23 bits per heavy atom. The lowest BCUT2D eigenvalue weighted by atomic mass is 9.82. The first-order valence-corrected chi connectivity index (χ1v) is 9.54. The van der Waals surface area contributed by atoms with Crippen LogP contribution in [0.5, 0.6) is 0 Å². The van der Waals surface area contributed by atoms with Gasteiger partial charge in [0.15, 0.2) is 5.60 Å². The van der Waals surface area contributed by atoms with Gasteiger partial charge in [-0.1, -0.05) is 19.3 Å². The SMILES string of the molecule is CCOC(=O)C(=O)C1(OS(=O)(=O)c2ccc([N+](=O)[O-])cc2)CCCCC1. The number of benzene rings is 1. The molecule has 10 heteroatoms. The molecule has 1 fully saturated rings. The van der Waals surface area contributed by atoms with E-state index in [9.17, 15) is 28.1 Å². The molecule has 0 aliphatic heterocycles. The van der Waals surface area contributed by atoms with Gasteiger partial charge in [-0.3, -0.25) is 19.1 Å². The van der Waals surface area contributed by atoms with Gasteiger partial charge in [0.05, 0.1) is 16.4 Å². The molecular weight excluding hydrogens is 366 g/mol. The Morgan fingerprint density at radius 1 is 1.15 bits per heavy atom. The van der Waals surface area contributed by atoms with Gasteiger partial charge in [-0.25, -0.2) is 4.79 Å². The topological polar surface area (TPSA) is 130 Å². The molecule has 2 rings (SSSR count). The van der Waals surface area contributed by atoms with Crippen LogP contribution in [-0.4, -0.2) is 37.3 Å². The van der Waals surface area contributed by atoms with Gasteiger partial charge in [0, 0.05) is 12.1 Å². The Hall–Kier alpha value is -2.33. The Morgan fingerprint density at radius 2 is 1.73 bits per heavy atom. The van der Waals surface area contributed by atoms with Crippen LogP contribution in [-0.2, 0) is 28.6 Å². The second-order valence-corrected chi connectivity index (χ2v) is 7.44. The van der Waals surface area contributed by atoms with Gasteiger partial charge < -0.3 is 4.74 Å². The predicted molar refractivity (Wildman–Crippen MR) is 88.8 cm³/mol. The van der Waals surface area contributed by atoms with Crippen LogP contribution in [0, 0.1) is 10.1 Å². The van der Waals surface area contributed by atoms with Crippen molar-refractivity contribution in [1.29, 1.82) is 0 Å². The standard InChI is InChI=1S/C16H19NO8S/c1-2-24-15(19)14(18)16(10-4-3-5-11-16)25-26(22,23)13-8-6-12(7-9-13)17(20)21/h6-9H,2-5,10-11H2,1H3. The minimum atomic E-state index is -4.41. The lowest BCUT2D eigenvalue weighted by Gasteiger charge is -2.33. The van der Waals surface area contributed by atoms with Crippen molar-refractivity contribution in [2.45, 2.75) is 49.5 Å². The Labute approximate surface area is 150 Å². The van der Waals surface area contributed by atoms with Crippen molar-refractivity contribution in [1.82, 2.24) is 0 Å². The third-order valence-corrected chi connectivity index (χ3v) is 5.53. The highest BCUT2D eigenvalue weighted by atomic mass is 32.2. The smallest absolute Gasteiger partial charge is 0.377 e. The molecule has 1 aliphatic rings. The number of nitro benzene ring substituents is 1. The number of carbonyl (C=O) groups is 2. The second kappa shape index (κ2) is 7.92. The Bertz CT molecular complexity index is 794. The largest absolute Gasteiger partial charge is 0.460 e. The zero-order chi connectivity index (χ0) is 19.4. The molecule has 0 radical (unpaired) electrons. The molecule has 0 aromatic heterocycles. The summed E-state index contributed by atoms with van der Waals surface area (Å²) in [5.74, 6) is -2.15. The molecule has 1 saturated carbocycles. The second-order valence-electron chi connectivity index (χ2n) is 5.89. The quantitative estimate of drug-likeness (QED) is 0.229. The first-order chi connectivity index (χ1) is 12.2. The molecule has 142 valence electrons. The van der Waals surface area contributed by atoms with E-state index in [0.717, 1.165) is 30.7 Å². The van der Waals surface area contributed by atoms with E-state index in [1.54, 1.807) is 0 Å². The van der Waals surface area contributed by atoms with E-state index >= 15 is 0 Å². The number of nitrogens with zero attached hydrogens (tertiary/aromatic N) is 1. The van der Waals surface area contributed by atoms with Gasteiger partial charge in [0.25, 0.3) is 21.6 Å². The van der Waals surface area contributed by atoms with Crippen LogP contribution in [0.25, 0.3) is 0 Å². The zero-order valence-corrected chi connectivity index (χ0v) is 15.0. The van der Waals surface area contributed by atoms with Crippen LogP contribution in [0.3, 0.4) is 0 Å². The molecule has 9 nitrogen and oxygen atoms in total. The summed E-state index contributed by atoms with van der Waals surface area (Å²) in [5.41, 5.74) is -2.08. The summed E-state index contributed by atoms with van der Waals surface area (Å²) in [6.07, 6.45) is 2.01. The summed E-state index contributed by atoms with van der Waals surface area (Å²) in [6, 6.07) is 4.10. The van der Waals surface area contributed by atoms with E-state index in [1.165, 1.54) is 6.92 Å². The van der Waals surface area contributed by atoms with Crippen molar-refractivity contribution in [2.24, 2.45) is 0 Å². The van der Waals surface area contributed by atoms with Crippen molar-refractivity contribution in [3.05, 3.63) is 34.4 Å². The van der Waals surface area contributed by atoms with Gasteiger partial charge in [-0.2, -0.15) is 8.42 Å². The van der Waals surface area contributed by atoms with E-state index < -0.39 is 32.4 Å². The summed E-state index contributed by atoms with van der Waals surface area (Å²) >= 11 is 0. The number of rotatable bonds is 7. The normalized spacial score (nSPS) is 16.7. The third kappa shape index (κ3) is 4.25. The van der Waals surface area contributed by atoms with E-state index in [-0.39, 0.29) is 30.0 Å². The molecule has 0 N–H and O–H groups in total. The van der Waals surface area contributed by atoms with E-state index in [2.05, 4.69) is 0 Å². The molecule has 0 bridgehead atoms. The fourth-order valence-electron chi connectivity index (χ4n) is 2.85. The van der Waals surface area contributed by atoms with Crippen molar-refractivity contribution < 1.29 is 31.9 Å². The third-order valence-electron chi connectivity index (χ3n) is 4.14. The maximum atomic E-state index is 12.6. The highest BCUT2D eigenvalue weighted by Gasteiger charge is 2.48. The molecule has 1 aromatic rings. The van der Waals surface area contributed by atoms with Crippen molar-refractivity contribution in [2.75, 3.05) is 6.61 Å². The summed E-state index contributed by atoms with van der Waals surface area (Å²) in [4.78, 5) is 34.1. The average Bonchev–Trinajstić information content (AvgIpc) is 2.61. The molecule has 1 aliphatic carbocycles. The summed E-state index contributed by atoms with van der Waals surface area (Å²) in [5, 5.41) is 10.7. The maximum absolute atomic E-state index is 12.6. The molecule has 0 unspecified atom stereocenters. The van der Waals surface area contributed by atoms with Crippen LogP contribution >= 0.6 is 0 Å². The van der Waals surface area contributed by atoms with Crippen molar-refractivity contribution >= 4 is 27.6 Å². The average molecular weight is 385 g/mol. The number of esters is 1. The minimum absolute atomic E-state index is 0.0181. The fourth-order valence-corrected chi connectivity index (χ4v) is 4.07. The highest BCUT2D eigenvalue weighted by molar-refractivity contribution is 7.86. The molecule has 0 atom stereocenters. The number of hydrogen-bond acceptors (Lipinski definition) is 8. The van der Waals surface area contributed by atoms with Crippen LogP contribution in [0.15, 0.2) is 29.2 Å². The van der Waals surface area contributed by atoms with E-state index in [0.29, 0.717) is 12.8 Å². The van der Waals surface area contributed by atoms with Crippen molar-refractivity contribution in [3.63, 3.8) is 0 Å². The molecule has 0 saturated heterocycles. The minimum Gasteiger partial charge on any atom is -0.460 e. The molecule has 0 amide bonds. The van der Waals surface area contributed by atoms with Gasteiger partial charge in [-0.15, -0.1) is 0 Å². The van der Waals surface area contributed by atoms with E-state index in [4.69, 9.17) is 8.92 Å². The number of nitro groups is 1. The summed E-state index contributed by atoms with van der Waals surface area (Å²) in [7, 11) is -4.41. The lowest BCUT2D eigenvalue weighted by molar-refractivity contribution is -0.384. The van der Waals surface area contributed by atoms with E-state index in [1.807, 2.05) is 0 Å². The van der Waals surface area contributed by atoms with Gasteiger partial charge in [0.2, 0.25) is 0 Å². The molecular formula is C16H19NO8S. The number of hydrogen-bond donors (Lipinski definition) is 0. The number of carbonyl (C=O) groups excluding carboxylic acids is 2. The molecule has 0 spiro atoms. The van der Waals surface area contributed by atoms with Gasteiger partial charge in [0.1, 0.15) is 0 Å². The first kappa shape index (κ1) is 20.0. The summed E-state index contributed by atoms with van der Waals surface area (Å²) < 4.78 is 35.1. The summed E-state index contributed by atoms with van der Waals surface area (Å²) in [6.45, 7) is 1.52. The van der Waals surface area contributed by atoms with Crippen LogP contribution < -0.4 is 0 Å². The number of Topliss-reactive ketones (excluding diaryl/α,β-unsaturated/α-hetero) is 1. The molecule has 0 heterocycles. The Kier molecular flexibility index (Phi) is 6.09. The fraction of sp³-hybridized carbons (Fsp3) is 0.500. The van der Waals surface area contributed by atoms with Gasteiger partial charge in [-0.05, 0) is 31.9 Å². The predicted octanol–water partition coefficient (Wildman–Crippen LogP) is 2.14. The number of ketones is 1. The Balaban J connectivity index is 2.33.